The molecule has 0 saturated heterocycles. The van der Waals surface area contributed by atoms with Gasteiger partial charge in [-0.25, -0.2) is 4.98 Å². The van der Waals surface area contributed by atoms with E-state index in [0.717, 1.165) is 34.7 Å². The van der Waals surface area contributed by atoms with Crippen LogP contribution in [-0.2, 0) is 7.05 Å². The van der Waals surface area contributed by atoms with Gasteiger partial charge in [0, 0.05) is 42.5 Å². The highest BCUT2D eigenvalue weighted by Gasteiger charge is 2.40. The molecule has 1 aliphatic rings. The van der Waals surface area contributed by atoms with Crippen LogP contribution in [0.1, 0.15) is 29.6 Å². The highest BCUT2D eigenvalue weighted by Crippen LogP contribution is 2.47. The SMILES string of the molecule is COc1ccc([C@H]2C[C@@H]2COc2nc(C)ncc2-c2cn(C)nc2C)nc1. The minimum Gasteiger partial charge on any atom is -0.495 e. The molecule has 140 valence electrons. The standard InChI is InChI=1S/C20H23N5O2/c1-12-18(10-25(3)24-12)17-9-21-13(2)23-20(17)27-11-14-7-16(14)19-6-5-15(26-4)8-22-19/h5-6,8-10,14,16H,7,11H2,1-4H3/t14-,16+/m1/s1. The Labute approximate surface area is 158 Å². The van der Waals surface area contributed by atoms with E-state index in [-0.39, 0.29) is 0 Å². The highest BCUT2D eigenvalue weighted by molar-refractivity contribution is 5.69. The molecular formula is C20H23N5O2. The van der Waals surface area contributed by atoms with E-state index >= 15 is 0 Å². The van der Waals surface area contributed by atoms with Crippen molar-refractivity contribution in [2.24, 2.45) is 13.0 Å². The molecule has 2 atom stereocenters. The Kier molecular flexibility index (Phi) is 4.51. The zero-order valence-corrected chi connectivity index (χ0v) is 16.0. The first-order valence-corrected chi connectivity index (χ1v) is 9.02. The third kappa shape index (κ3) is 3.63. The van der Waals surface area contributed by atoms with E-state index in [1.807, 2.05) is 45.4 Å². The van der Waals surface area contributed by atoms with E-state index in [1.54, 1.807) is 18.0 Å². The first kappa shape index (κ1) is 17.5. The van der Waals surface area contributed by atoms with Crippen LogP contribution < -0.4 is 9.47 Å². The monoisotopic (exact) mass is 365 g/mol. The maximum atomic E-state index is 6.12. The molecule has 0 bridgehead atoms. The van der Waals surface area contributed by atoms with Gasteiger partial charge in [0.1, 0.15) is 11.6 Å². The van der Waals surface area contributed by atoms with Gasteiger partial charge in [-0.3, -0.25) is 9.67 Å². The summed E-state index contributed by atoms with van der Waals surface area (Å²) in [5, 5.41) is 4.41. The van der Waals surface area contributed by atoms with Gasteiger partial charge >= 0.3 is 0 Å². The number of methoxy groups -OCH3 is 1. The molecule has 3 aromatic rings. The van der Waals surface area contributed by atoms with Crippen molar-refractivity contribution in [1.29, 1.82) is 0 Å². The number of pyridine rings is 1. The van der Waals surface area contributed by atoms with Crippen molar-refractivity contribution in [2.45, 2.75) is 26.2 Å². The minimum atomic E-state index is 0.433. The molecule has 7 nitrogen and oxygen atoms in total. The van der Waals surface area contributed by atoms with Crippen LogP contribution in [0.25, 0.3) is 11.1 Å². The molecule has 0 aromatic carbocycles. The Morgan fingerprint density at radius 3 is 2.67 bits per heavy atom. The van der Waals surface area contributed by atoms with Crippen LogP contribution in [0.5, 0.6) is 11.6 Å². The van der Waals surface area contributed by atoms with E-state index < -0.39 is 0 Å². The molecule has 1 fully saturated rings. The average molecular weight is 365 g/mol. The van der Waals surface area contributed by atoms with Gasteiger partial charge in [0.25, 0.3) is 0 Å². The summed E-state index contributed by atoms with van der Waals surface area (Å²) in [4.78, 5) is 13.3. The van der Waals surface area contributed by atoms with Crippen molar-refractivity contribution in [3.63, 3.8) is 0 Å². The fourth-order valence-corrected chi connectivity index (χ4v) is 3.32. The number of hydrogen-bond donors (Lipinski definition) is 0. The highest BCUT2D eigenvalue weighted by atomic mass is 16.5. The molecule has 0 aliphatic heterocycles. The predicted molar refractivity (Wildman–Crippen MR) is 101 cm³/mol. The summed E-state index contributed by atoms with van der Waals surface area (Å²) in [5.74, 6) is 2.97. The maximum Gasteiger partial charge on any atom is 0.224 e. The number of nitrogens with zero attached hydrogens (tertiary/aromatic N) is 5. The maximum absolute atomic E-state index is 6.12. The van der Waals surface area contributed by atoms with Crippen molar-refractivity contribution in [3.8, 4) is 22.8 Å². The van der Waals surface area contributed by atoms with E-state index in [9.17, 15) is 0 Å². The fraction of sp³-hybridized carbons (Fsp3) is 0.400. The molecule has 7 heteroatoms. The van der Waals surface area contributed by atoms with E-state index in [2.05, 4.69) is 20.1 Å². The molecule has 0 spiro atoms. The number of aryl methyl sites for hydroxylation is 3. The van der Waals surface area contributed by atoms with Crippen LogP contribution in [0.15, 0.2) is 30.7 Å². The van der Waals surface area contributed by atoms with Gasteiger partial charge < -0.3 is 9.47 Å². The summed E-state index contributed by atoms with van der Waals surface area (Å²) >= 11 is 0. The Balaban J connectivity index is 1.47. The van der Waals surface area contributed by atoms with Crippen molar-refractivity contribution in [2.75, 3.05) is 13.7 Å². The van der Waals surface area contributed by atoms with Gasteiger partial charge in [0.15, 0.2) is 0 Å². The number of hydrogen-bond acceptors (Lipinski definition) is 6. The summed E-state index contributed by atoms with van der Waals surface area (Å²) in [6.45, 7) is 4.46. The smallest absolute Gasteiger partial charge is 0.224 e. The summed E-state index contributed by atoms with van der Waals surface area (Å²) in [7, 11) is 3.55. The van der Waals surface area contributed by atoms with Crippen LogP contribution in [0.2, 0.25) is 0 Å². The Morgan fingerprint density at radius 1 is 1.15 bits per heavy atom. The fourth-order valence-electron chi connectivity index (χ4n) is 3.32. The summed E-state index contributed by atoms with van der Waals surface area (Å²) in [5.41, 5.74) is 3.90. The average Bonchev–Trinajstić information content (AvgIpc) is 3.37. The lowest BCUT2D eigenvalue weighted by molar-refractivity contribution is 0.285. The summed E-state index contributed by atoms with van der Waals surface area (Å²) in [6.07, 6.45) is 6.63. The van der Waals surface area contributed by atoms with Gasteiger partial charge in [-0.2, -0.15) is 10.1 Å². The second kappa shape index (κ2) is 6.98. The normalized spacial score (nSPS) is 18.4. The summed E-state index contributed by atoms with van der Waals surface area (Å²) < 4.78 is 13.1. The van der Waals surface area contributed by atoms with Crippen molar-refractivity contribution in [1.82, 2.24) is 24.7 Å². The largest absolute Gasteiger partial charge is 0.495 e. The van der Waals surface area contributed by atoms with Gasteiger partial charge in [-0.1, -0.05) is 0 Å². The number of aromatic nitrogens is 5. The van der Waals surface area contributed by atoms with Gasteiger partial charge in [0.2, 0.25) is 5.88 Å². The van der Waals surface area contributed by atoms with Crippen LogP contribution in [-0.4, -0.2) is 38.4 Å². The number of ether oxygens (including phenoxy) is 2. The number of rotatable bonds is 6. The zero-order chi connectivity index (χ0) is 19.0. The van der Waals surface area contributed by atoms with Crippen molar-refractivity contribution < 1.29 is 9.47 Å². The third-order valence-corrected chi connectivity index (χ3v) is 4.91. The zero-order valence-electron chi connectivity index (χ0n) is 16.0. The van der Waals surface area contributed by atoms with Crippen LogP contribution in [0.4, 0.5) is 0 Å². The molecule has 1 aliphatic carbocycles. The summed E-state index contributed by atoms with van der Waals surface area (Å²) in [6, 6.07) is 3.98. The molecule has 27 heavy (non-hydrogen) atoms. The van der Waals surface area contributed by atoms with Gasteiger partial charge in [-0.05, 0) is 32.4 Å². The first-order chi connectivity index (χ1) is 13.0. The van der Waals surface area contributed by atoms with Crippen molar-refractivity contribution in [3.05, 3.63) is 47.9 Å². The second-order valence-electron chi connectivity index (χ2n) is 6.97. The first-order valence-electron chi connectivity index (χ1n) is 9.02. The Morgan fingerprint density at radius 2 is 2.00 bits per heavy atom. The molecule has 3 heterocycles. The molecule has 1 saturated carbocycles. The molecule has 4 rings (SSSR count). The van der Waals surface area contributed by atoms with E-state index in [1.165, 1.54) is 0 Å². The van der Waals surface area contributed by atoms with Crippen LogP contribution in [0.3, 0.4) is 0 Å². The van der Waals surface area contributed by atoms with E-state index in [4.69, 9.17) is 9.47 Å². The molecule has 0 N–H and O–H groups in total. The minimum absolute atomic E-state index is 0.433. The topological polar surface area (TPSA) is 75.0 Å². The third-order valence-electron chi connectivity index (χ3n) is 4.91. The van der Waals surface area contributed by atoms with Gasteiger partial charge in [0.05, 0.1) is 31.2 Å². The van der Waals surface area contributed by atoms with Gasteiger partial charge in [-0.15, -0.1) is 0 Å². The van der Waals surface area contributed by atoms with Crippen LogP contribution >= 0.6 is 0 Å². The Bertz CT molecular complexity index is 952. The molecule has 3 aromatic heterocycles. The lowest BCUT2D eigenvalue weighted by Crippen LogP contribution is -2.05. The lowest BCUT2D eigenvalue weighted by Gasteiger charge is -2.10. The molecular weight excluding hydrogens is 342 g/mol. The van der Waals surface area contributed by atoms with E-state index in [0.29, 0.717) is 30.1 Å². The predicted octanol–water partition coefficient (Wildman–Crippen LogP) is 3.08. The quantitative estimate of drug-likeness (QED) is 0.668. The van der Waals surface area contributed by atoms with Crippen LogP contribution in [0, 0.1) is 19.8 Å². The Hall–Kier alpha value is -2.96. The second-order valence-corrected chi connectivity index (χ2v) is 6.97. The van der Waals surface area contributed by atoms with Crippen molar-refractivity contribution >= 4 is 0 Å². The molecule has 0 unspecified atom stereocenters. The molecule has 0 amide bonds. The lowest BCUT2D eigenvalue weighted by atomic mass is 10.1. The molecule has 0 radical (unpaired) electrons.